The zero-order valence-electron chi connectivity index (χ0n) is 13.9. The van der Waals surface area contributed by atoms with Gasteiger partial charge in [0.05, 0.1) is 13.0 Å². The molecule has 1 rings (SSSR count). The number of alkyl carbamates (subject to hydrolysis) is 1. The molecule has 1 aromatic rings. The summed E-state index contributed by atoms with van der Waals surface area (Å²) in [5.74, 6) is -0.128. The Hall–Kier alpha value is -2.11. The van der Waals surface area contributed by atoms with Crippen LogP contribution in [0.3, 0.4) is 0 Å². The van der Waals surface area contributed by atoms with E-state index in [4.69, 9.17) is 4.74 Å². The van der Waals surface area contributed by atoms with Gasteiger partial charge in [0.25, 0.3) is 0 Å². The maximum atomic E-state index is 12.8. The molecule has 6 heteroatoms. The standard InChI is InChI=1S/C17H25FN2O3/c1-4-23-17(22)20-15(9-12(2)3)11-19-16(21)10-13-5-7-14(18)8-6-13/h5-8,12,15H,4,9-11H2,1-3H3,(H,19,21)(H,20,22)/t15-/m1/s1. The highest BCUT2D eigenvalue weighted by Gasteiger charge is 2.16. The molecule has 0 bridgehead atoms. The van der Waals surface area contributed by atoms with E-state index >= 15 is 0 Å². The number of carbonyl (C=O) groups is 2. The van der Waals surface area contributed by atoms with Crippen LogP contribution in [0.5, 0.6) is 0 Å². The molecule has 5 nitrogen and oxygen atoms in total. The Balaban J connectivity index is 2.47. The van der Waals surface area contributed by atoms with Crippen LogP contribution in [0, 0.1) is 11.7 Å². The Morgan fingerprint density at radius 2 is 1.87 bits per heavy atom. The number of rotatable bonds is 8. The molecule has 0 fully saturated rings. The van der Waals surface area contributed by atoms with Crippen molar-refractivity contribution < 1.29 is 18.7 Å². The number of hydrogen-bond acceptors (Lipinski definition) is 3. The first kappa shape index (κ1) is 18.9. The van der Waals surface area contributed by atoms with Gasteiger partial charge >= 0.3 is 6.09 Å². The summed E-state index contributed by atoms with van der Waals surface area (Å²) >= 11 is 0. The van der Waals surface area contributed by atoms with Crippen LogP contribution in [-0.4, -0.2) is 31.2 Å². The molecule has 0 aliphatic heterocycles. The molecule has 0 saturated heterocycles. The van der Waals surface area contributed by atoms with E-state index in [9.17, 15) is 14.0 Å². The first-order chi connectivity index (χ1) is 10.9. The minimum atomic E-state index is -0.481. The van der Waals surface area contributed by atoms with Gasteiger partial charge in [-0.1, -0.05) is 26.0 Å². The minimum Gasteiger partial charge on any atom is -0.450 e. The summed E-state index contributed by atoms with van der Waals surface area (Å²) < 4.78 is 17.7. The Morgan fingerprint density at radius 3 is 2.43 bits per heavy atom. The van der Waals surface area contributed by atoms with Crippen molar-refractivity contribution in [3.05, 3.63) is 35.6 Å². The highest BCUT2D eigenvalue weighted by molar-refractivity contribution is 5.78. The second-order valence-electron chi connectivity index (χ2n) is 5.80. The quantitative estimate of drug-likeness (QED) is 0.772. The fourth-order valence-electron chi connectivity index (χ4n) is 2.19. The van der Waals surface area contributed by atoms with Crippen LogP contribution in [0.1, 0.15) is 32.8 Å². The molecule has 0 aliphatic carbocycles. The third-order valence-electron chi connectivity index (χ3n) is 3.18. The molecule has 128 valence electrons. The third-order valence-corrected chi connectivity index (χ3v) is 3.18. The molecule has 0 saturated carbocycles. The Bertz CT molecular complexity index is 503. The van der Waals surface area contributed by atoms with Crippen molar-refractivity contribution in [2.75, 3.05) is 13.2 Å². The van der Waals surface area contributed by atoms with Crippen molar-refractivity contribution in [1.82, 2.24) is 10.6 Å². The molecule has 2 N–H and O–H groups in total. The van der Waals surface area contributed by atoms with Crippen LogP contribution in [-0.2, 0) is 16.0 Å². The minimum absolute atomic E-state index is 0.170. The van der Waals surface area contributed by atoms with Crippen LogP contribution < -0.4 is 10.6 Å². The van der Waals surface area contributed by atoms with Crippen molar-refractivity contribution in [1.29, 1.82) is 0 Å². The lowest BCUT2D eigenvalue weighted by Gasteiger charge is -2.20. The van der Waals surface area contributed by atoms with Gasteiger partial charge in [0.1, 0.15) is 5.82 Å². The molecule has 1 aromatic carbocycles. The summed E-state index contributed by atoms with van der Waals surface area (Å²) in [5, 5.41) is 5.55. The van der Waals surface area contributed by atoms with Crippen molar-refractivity contribution in [2.45, 2.75) is 39.7 Å². The second kappa shape index (κ2) is 9.82. The largest absolute Gasteiger partial charge is 0.450 e. The molecule has 2 amide bonds. The van der Waals surface area contributed by atoms with E-state index < -0.39 is 6.09 Å². The summed E-state index contributed by atoms with van der Waals surface area (Å²) in [7, 11) is 0. The molecule has 0 radical (unpaired) electrons. The Kier molecular flexibility index (Phi) is 8.08. The van der Waals surface area contributed by atoms with Crippen molar-refractivity contribution in [3.63, 3.8) is 0 Å². The van der Waals surface area contributed by atoms with E-state index in [1.54, 1.807) is 19.1 Å². The van der Waals surface area contributed by atoms with Gasteiger partial charge in [-0.2, -0.15) is 0 Å². The molecule has 23 heavy (non-hydrogen) atoms. The summed E-state index contributed by atoms with van der Waals surface area (Å²) in [6.07, 6.45) is 0.426. The molecule has 0 unspecified atom stereocenters. The van der Waals surface area contributed by atoms with Gasteiger partial charge in [-0.15, -0.1) is 0 Å². The van der Waals surface area contributed by atoms with Gasteiger partial charge < -0.3 is 15.4 Å². The number of nitrogens with one attached hydrogen (secondary N) is 2. The third kappa shape index (κ3) is 8.18. The Morgan fingerprint density at radius 1 is 1.22 bits per heavy atom. The van der Waals surface area contributed by atoms with Gasteiger partial charge in [-0.3, -0.25) is 4.79 Å². The molecular formula is C17H25FN2O3. The summed E-state index contributed by atoms with van der Waals surface area (Å²) in [6.45, 7) is 6.45. The predicted molar refractivity (Wildman–Crippen MR) is 86.5 cm³/mol. The van der Waals surface area contributed by atoms with E-state index in [2.05, 4.69) is 10.6 Å². The number of carbonyl (C=O) groups excluding carboxylic acids is 2. The average Bonchev–Trinajstić information content (AvgIpc) is 2.47. The molecule has 0 spiro atoms. The first-order valence-corrected chi connectivity index (χ1v) is 7.85. The molecular weight excluding hydrogens is 299 g/mol. The van der Waals surface area contributed by atoms with Crippen molar-refractivity contribution in [3.8, 4) is 0 Å². The number of hydrogen-bond donors (Lipinski definition) is 2. The summed E-state index contributed by atoms with van der Waals surface area (Å²) in [4.78, 5) is 23.5. The number of halogens is 1. The van der Waals surface area contributed by atoms with Crippen LogP contribution in [0.25, 0.3) is 0 Å². The van der Waals surface area contributed by atoms with Crippen molar-refractivity contribution in [2.24, 2.45) is 5.92 Å². The number of amides is 2. The maximum Gasteiger partial charge on any atom is 0.407 e. The van der Waals surface area contributed by atoms with Crippen LogP contribution >= 0.6 is 0 Å². The van der Waals surface area contributed by atoms with Gasteiger partial charge in [0.15, 0.2) is 0 Å². The van der Waals surface area contributed by atoms with E-state index in [-0.39, 0.29) is 24.2 Å². The number of ether oxygens (including phenoxy) is 1. The molecule has 0 aliphatic rings. The summed E-state index contributed by atoms with van der Waals surface area (Å²) in [5.41, 5.74) is 0.739. The molecule has 0 heterocycles. The lowest BCUT2D eigenvalue weighted by molar-refractivity contribution is -0.120. The highest BCUT2D eigenvalue weighted by atomic mass is 19.1. The zero-order valence-corrected chi connectivity index (χ0v) is 13.9. The smallest absolute Gasteiger partial charge is 0.407 e. The topological polar surface area (TPSA) is 67.4 Å². The van der Waals surface area contributed by atoms with Gasteiger partial charge in [-0.05, 0) is 37.0 Å². The lowest BCUT2D eigenvalue weighted by atomic mass is 10.0. The van der Waals surface area contributed by atoms with Crippen molar-refractivity contribution >= 4 is 12.0 Å². The first-order valence-electron chi connectivity index (χ1n) is 7.85. The molecule has 0 aromatic heterocycles. The lowest BCUT2D eigenvalue weighted by Crippen LogP contribution is -2.44. The van der Waals surface area contributed by atoms with Gasteiger partial charge in [-0.25, -0.2) is 9.18 Å². The average molecular weight is 324 g/mol. The monoisotopic (exact) mass is 324 g/mol. The Labute approximate surface area is 136 Å². The van der Waals surface area contributed by atoms with Crippen LogP contribution in [0.2, 0.25) is 0 Å². The summed E-state index contributed by atoms with van der Waals surface area (Å²) in [6, 6.07) is 5.62. The fourth-order valence-corrected chi connectivity index (χ4v) is 2.19. The fraction of sp³-hybridized carbons (Fsp3) is 0.529. The van der Waals surface area contributed by atoms with Gasteiger partial charge in [0.2, 0.25) is 5.91 Å². The van der Waals surface area contributed by atoms with Crippen LogP contribution in [0.4, 0.5) is 9.18 Å². The number of benzene rings is 1. The predicted octanol–water partition coefficient (Wildman–Crippen LogP) is 2.65. The highest BCUT2D eigenvalue weighted by Crippen LogP contribution is 2.06. The second-order valence-corrected chi connectivity index (χ2v) is 5.80. The molecule has 1 atom stereocenters. The zero-order chi connectivity index (χ0) is 17.2. The van der Waals surface area contributed by atoms with Crippen LogP contribution in [0.15, 0.2) is 24.3 Å². The normalized spacial score (nSPS) is 11.9. The van der Waals surface area contributed by atoms with Gasteiger partial charge in [0, 0.05) is 12.6 Å². The SMILES string of the molecule is CCOC(=O)N[C@@H](CNC(=O)Cc1ccc(F)cc1)CC(C)C. The maximum absolute atomic E-state index is 12.8. The van der Waals surface area contributed by atoms with E-state index in [0.29, 0.717) is 19.1 Å². The van der Waals surface area contributed by atoms with E-state index in [1.807, 2.05) is 13.8 Å². The van der Waals surface area contributed by atoms with E-state index in [1.165, 1.54) is 12.1 Å². The van der Waals surface area contributed by atoms with E-state index in [0.717, 1.165) is 12.0 Å².